The van der Waals surface area contributed by atoms with Crippen molar-refractivity contribution < 1.29 is 9.18 Å². The molecule has 0 radical (unpaired) electrons. The molecule has 3 nitrogen and oxygen atoms in total. The average molecular weight is 264 g/mol. The van der Waals surface area contributed by atoms with E-state index in [0.29, 0.717) is 17.9 Å². The van der Waals surface area contributed by atoms with Crippen LogP contribution in [0, 0.1) is 22.6 Å². The van der Waals surface area contributed by atoms with Gasteiger partial charge in [0.05, 0.1) is 11.3 Å². The number of amides is 1. The number of nitrogens with zero attached hydrogens (tertiary/aromatic N) is 1. The quantitative estimate of drug-likeness (QED) is 0.822. The first-order valence-corrected chi connectivity index (χ1v) is 6.32. The monoisotopic (exact) mass is 264 g/mol. The van der Waals surface area contributed by atoms with Crippen molar-refractivity contribution in [3.63, 3.8) is 0 Å². The molecule has 5 heteroatoms. The van der Waals surface area contributed by atoms with Crippen LogP contribution in [0.25, 0.3) is 0 Å². The van der Waals surface area contributed by atoms with Crippen LogP contribution in [-0.2, 0) is 4.79 Å². The van der Waals surface area contributed by atoms with Crippen LogP contribution in [0.4, 0.5) is 10.1 Å². The van der Waals surface area contributed by atoms with Gasteiger partial charge in [-0.25, -0.2) is 4.39 Å². The van der Waals surface area contributed by atoms with Crippen molar-refractivity contribution in [3.8, 4) is 6.07 Å². The van der Waals surface area contributed by atoms with Gasteiger partial charge in [-0.3, -0.25) is 4.79 Å². The highest BCUT2D eigenvalue weighted by Crippen LogP contribution is 2.49. The van der Waals surface area contributed by atoms with E-state index in [0.717, 1.165) is 18.9 Å². The van der Waals surface area contributed by atoms with E-state index in [1.807, 2.05) is 6.07 Å². The fourth-order valence-corrected chi connectivity index (χ4v) is 2.25. The van der Waals surface area contributed by atoms with Crippen molar-refractivity contribution in [3.05, 3.63) is 29.6 Å². The fourth-order valence-electron chi connectivity index (χ4n) is 1.82. The second-order valence-corrected chi connectivity index (χ2v) is 5.00. The Labute approximate surface area is 110 Å². The summed E-state index contributed by atoms with van der Waals surface area (Å²) in [7, 11) is 0. The lowest BCUT2D eigenvalue weighted by Gasteiger charge is -2.12. The molecule has 0 atom stereocenters. The van der Waals surface area contributed by atoms with Gasteiger partial charge in [0.15, 0.2) is 0 Å². The Morgan fingerprint density at radius 3 is 2.83 bits per heavy atom. The second-order valence-electron chi connectivity index (χ2n) is 4.68. The summed E-state index contributed by atoms with van der Waals surface area (Å²) in [6.45, 7) is 0. The first kappa shape index (κ1) is 12.9. The van der Waals surface area contributed by atoms with Crippen LogP contribution in [0.5, 0.6) is 0 Å². The molecule has 0 bridgehead atoms. The number of thiol groups is 1. The van der Waals surface area contributed by atoms with E-state index in [1.165, 1.54) is 12.1 Å². The van der Waals surface area contributed by atoms with E-state index >= 15 is 0 Å². The van der Waals surface area contributed by atoms with Crippen molar-refractivity contribution in [2.75, 3.05) is 11.1 Å². The van der Waals surface area contributed by atoms with Gasteiger partial charge >= 0.3 is 0 Å². The van der Waals surface area contributed by atoms with Crippen LogP contribution in [0.1, 0.15) is 24.8 Å². The molecule has 0 heterocycles. The van der Waals surface area contributed by atoms with Gasteiger partial charge in [-0.15, -0.1) is 0 Å². The first-order valence-electron chi connectivity index (χ1n) is 5.69. The Balaban J connectivity index is 2.05. The molecule has 1 aliphatic carbocycles. The highest BCUT2D eigenvalue weighted by atomic mass is 32.1. The normalized spacial score (nSPS) is 15.8. The number of carbonyl (C=O) groups is 1. The Bertz CT molecular complexity index is 520. The van der Waals surface area contributed by atoms with Crippen LogP contribution in [0.15, 0.2) is 18.2 Å². The Kier molecular flexibility index (Phi) is 3.58. The average Bonchev–Trinajstić information content (AvgIpc) is 3.11. The van der Waals surface area contributed by atoms with Crippen molar-refractivity contribution >= 4 is 24.2 Å². The molecule has 94 valence electrons. The van der Waals surface area contributed by atoms with E-state index in [-0.39, 0.29) is 16.9 Å². The summed E-state index contributed by atoms with van der Waals surface area (Å²) < 4.78 is 12.9. The molecule has 1 fully saturated rings. The number of carbonyl (C=O) groups excluding carboxylic acids is 1. The summed E-state index contributed by atoms with van der Waals surface area (Å²) in [5.74, 6) is 0.0535. The molecule has 1 saturated carbocycles. The molecule has 0 spiro atoms. The van der Waals surface area contributed by atoms with Gasteiger partial charge in [-0.2, -0.15) is 17.9 Å². The lowest BCUT2D eigenvalue weighted by molar-refractivity contribution is -0.117. The summed E-state index contributed by atoms with van der Waals surface area (Å²) in [5, 5.41) is 11.5. The Morgan fingerprint density at radius 1 is 1.56 bits per heavy atom. The molecule has 0 saturated heterocycles. The van der Waals surface area contributed by atoms with Gasteiger partial charge in [-0.05, 0) is 42.2 Å². The molecule has 0 aliphatic heterocycles. The second kappa shape index (κ2) is 4.99. The number of nitrogens with one attached hydrogen (secondary N) is 1. The zero-order chi connectivity index (χ0) is 13.2. The van der Waals surface area contributed by atoms with Gasteiger partial charge in [0.2, 0.25) is 5.91 Å². The molecule has 1 aromatic rings. The van der Waals surface area contributed by atoms with E-state index < -0.39 is 5.82 Å². The van der Waals surface area contributed by atoms with Crippen LogP contribution in [0.3, 0.4) is 0 Å². The summed E-state index contributed by atoms with van der Waals surface area (Å²) in [4.78, 5) is 11.8. The van der Waals surface area contributed by atoms with Crippen LogP contribution < -0.4 is 5.32 Å². The summed E-state index contributed by atoms with van der Waals surface area (Å²) >= 11 is 4.23. The standard InChI is InChI=1S/C13H13FN2OS/c14-10-1-2-11(9(5-10)7-15)16-12(17)6-13(8-18)3-4-13/h1-2,5,18H,3-4,6,8H2,(H,16,17). The molecule has 0 aromatic heterocycles. The number of halogens is 1. The third-order valence-electron chi connectivity index (χ3n) is 3.20. The first-order chi connectivity index (χ1) is 8.58. The van der Waals surface area contributed by atoms with Crippen LogP contribution >= 0.6 is 12.6 Å². The van der Waals surface area contributed by atoms with E-state index in [1.54, 1.807) is 0 Å². The van der Waals surface area contributed by atoms with E-state index in [9.17, 15) is 9.18 Å². The summed E-state index contributed by atoms with van der Waals surface area (Å²) in [6.07, 6.45) is 2.43. The fraction of sp³-hybridized carbons (Fsp3) is 0.385. The maximum Gasteiger partial charge on any atom is 0.224 e. The molecule has 1 N–H and O–H groups in total. The van der Waals surface area contributed by atoms with Gasteiger partial charge in [0.1, 0.15) is 11.9 Å². The highest BCUT2D eigenvalue weighted by molar-refractivity contribution is 7.80. The maximum atomic E-state index is 12.9. The highest BCUT2D eigenvalue weighted by Gasteiger charge is 2.42. The third-order valence-corrected chi connectivity index (χ3v) is 3.88. The SMILES string of the molecule is N#Cc1cc(F)ccc1NC(=O)CC1(CS)CC1. The topological polar surface area (TPSA) is 52.9 Å². The molecule has 0 unspecified atom stereocenters. The number of hydrogen-bond donors (Lipinski definition) is 2. The van der Waals surface area contributed by atoms with Gasteiger partial charge in [-0.1, -0.05) is 0 Å². The van der Waals surface area contributed by atoms with E-state index in [2.05, 4.69) is 17.9 Å². The molecule has 1 aromatic carbocycles. The number of rotatable bonds is 4. The van der Waals surface area contributed by atoms with Gasteiger partial charge in [0.25, 0.3) is 0 Å². The van der Waals surface area contributed by atoms with Gasteiger partial charge in [0, 0.05) is 6.42 Å². The molecular formula is C13H13FN2OS. The summed E-state index contributed by atoms with van der Waals surface area (Å²) in [6, 6.07) is 5.61. The molecular weight excluding hydrogens is 251 g/mol. The van der Waals surface area contributed by atoms with Crippen LogP contribution in [-0.4, -0.2) is 11.7 Å². The predicted octanol–water partition coefficient (Wildman–Crippen LogP) is 2.74. The van der Waals surface area contributed by atoms with E-state index in [4.69, 9.17) is 5.26 Å². The molecule has 2 rings (SSSR count). The van der Waals surface area contributed by atoms with Crippen molar-refractivity contribution in [1.82, 2.24) is 0 Å². The number of nitriles is 1. The summed E-state index contributed by atoms with van der Waals surface area (Å²) in [5.41, 5.74) is 0.526. The minimum Gasteiger partial charge on any atom is -0.325 e. The van der Waals surface area contributed by atoms with Crippen molar-refractivity contribution in [2.45, 2.75) is 19.3 Å². The predicted molar refractivity (Wildman–Crippen MR) is 69.9 cm³/mol. The van der Waals surface area contributed by atoms with Crippen LogP contribution in [0.2, 0.25) is 0 Å². The zero-order valence-electron chi connectivity index (χ0n) is 9.74. The Hall–Kier alpha value is -1.54. The lowest BCUT2D eigenvalue weighted by atomic mass is 10.0. The molecule has 1 amide bonds. The minimum atomic E-state index is -0.487. The largest absolute Gasteiger partial charge is 0.325 e. The van der Waals surface area contributed by atoms with Gasteiger partial charge < -0.3 is 5.32 Å². The Morgan fingerprint density at radius 2 is 2.28 bits per heavy atom. The number of benzene rings is 1. The van der Waals surface area contributed by atoms with Crippen molar-refractivity contribution in [2.24, 2.45) is 5.41 Å². The lowest BCUT2D eigenvalue weighted by Crippen LogP contribution is -2.18. The maximum absolute atomic E-state index is 12.9. The third kappa shape index (κ3) is 2.82. The zero-order valence-corrected chi connectivity index (χ0v) is 10.6. The smallest absolute Gasteiger partial charge is 0.224 e. The van der Waals surface area contributed by atoms with Crippen molar-refractivity contribution in [1.29, 1.82) is 5.26 Å². The molecule has 1 aliphatic rings. The molecule has 18 heavy (non-hydrogen) atoms. The number of anilines is 1. The minimum absolute atomic E-state index is 0.0278. The number of hydrogen-bond acceptors (Lipinski definition) is 3.